The highest BCUT2D eigenvalue weighted by atomic mass is 35.5. The zero-order valence-electron chi connectivity index (χ0n) is 14.9. The highest BCUT2D eigenvalue weighted by Crippen LogP contribution is 2.24. The van der Waals surface area contributed by atoms with E-state index in [-0.39, 0.29) is 5.91 Å². The Hall–Kier alpha value is -2.92. The van der Waals surface area contributed by atoms with Crippen LogP contribution in [0.15, 0.2) is 54.9 Å². The molecule has 1 aliphatic heterocycles. The van der Waals surface area contributed by atoms with Gasteiger partial charge in [-0.25, -0.2) is 9.97 Å². The number of nitrogens with one attached hydrogen (secondary N) is 1. The molecule has 2 heterocycles. The molecule has 0 saturated heterocycles. The second-order valence-electron chi connectivity index (χ2n) is 6.62. The molecule has 5 nitrogen and oxygen atoms in total. The van der Waals surface area contributed by atoms with Gasteiger partial charge in [-0.05, 0) is 42.2 Å². The number of nitrogens with zero attached hydrogens (tertiary/aromatic N) is 3. The van der Waals surface area contributed by atoms with Gasteiger partial charge < -0.3 is 10.2 Å². The van der Waals surface area contributed by atoms with Gasteiger partial charge in [0.1, 0.15) is 17.8 Å². The van der Waals surface area contributed by atoms with Gasteiger partial charge in [0, 0.05) is 29.9 Å². The molecule has 4 rings (SSSR count). The molecule has 0 fully saturated rings. The summed E-state index contributed by atoms with van der Waals surface area (Å²) >= 11 is 6.03. The van der Waals surface area contributed by atoms with Crippen LogP contribution in [0.1, 0.15) is 27.2 Å². The van der Waals surface area contributed by atoms with Crippen LogP contribution >= 0.6 is 11.6 Å². The summed E-state index contributed by atoms with van der Waals surface area (Å²) < 4.78 is 0. The number of carbonyl (C=O) groups is 1. The maximum Gasteiger partial charge on any atom is 0.274 e. The standard InChI is InChI=1S/C21H19ClN4O/c1-14-6-7-17(22)10-18(14)25-21(27)19-11-20(24-13-23-19)26-9-8-15-4-2-3-5-16(15)12-26/h2-7,10-11,13H,8-9,12H2,1H3,(H,25,27). The summed E-state index contributed by atoms with van der Waals surface area (Å²) in [5.74, 6) is 0.480. The average molecular weight is 379 g/mol. The van der Waals surface area contributed by atoms with Crippen LogP contribution in [0.4, 0.5) is 11.5 Å². The Morgan fingerprint density at radius 3 is 2.78 bits per heavy atom. The Labute approximate surface area is 163 Å². The van der Waals surface area contributed by atoms with E-state index in [2.05, 4.69) is 44.5 Å². The number of halogens is 1. The van der Waals surface area contributed by atoms with Crippen molar-refractivity contribution in [2.75, 3.05) is 16.8 Å². The first-order chi connectivity index (χ1) is 13.1. The number of fused-ring (bicyclic) bond motifs is 1. The Morgan fingerprint density at radius 2 is 1.93 bits per heavy atom. The summed E-state index contributed by atoms with van der Waals surface area (Å²) in [5.41, 5.74) is 4.62. The molecule has 0 saturated carbocycles. The first kappa shape index (κ1) is 17.5. The minimum absolute atomic E-state index is 0.276. The molecule has 27 heavy (non-hydrogen) atoms. The lowest BCUT2D eigenvalue weighted by Crippen LogP contribution is -2.31. The van der Waals surface area contributed by atoms with E-state index in [9.17, 15) is 4.79 Å². The molecule has 0 aliphatic carbocycles. The van der Waals surface area contributed by atoms with Crippen LogP contribution in [0.25, 0.3) is 0 Å². The molecule has 1 aromatic heterocycles. The molecule has 0 atom stereocenters. The summed E-state index contributed by atoms with van der Waals surface area (Å²) in [5, 5.41) is 3.46. The maximum atomic E-state index is 12.6. The van der Waals surface area contributed by atoms with Crippen LogP contribution in [0.2, 0.25) is 5.02 Å². The average Bonchev–Trinajstić information content (AvgIpc) is 2.70. The summed E-state index contributed by atoms with van der Waals surface area (Å²) in [4.78, 5) is 23.3. The maximum absolute atomic E-state index is 12.6. The smallest absolute Gasteiger partial charge is 0.274 e. The molecule has 0 spiro atoms. The lowest BCUT2D eigenvalue weighted by atomic mass is 10.00. The van der Waals surface area contributed by atoms with E-state index < -0.39 is 0 Å². The van der Waals surface area contributed by atoms with Crippen molar-refractivity contribution in [2.24, 2.45) is 0 Å². The quantitative estimate of drug-likeness (QED) is 0.740. The van der Waals surface area contributed by atoms with Crippen molar-refractivity contribution in [1.82, 2.24) is 9.97 Å². The van der Waals surface area contributed by atoms with Crippen molar-refractivity contribution < 1.29 is 4.79 Å². The molecule has 3 aromatic rings. The van der Waals surface area contributed by atoms with Crippen LogP contribution in [0.5, 0.6) is 0 Å². The van der Waals surface area contributed by atoms with Crippen molar-refractivity contribution in [3.05, 3.63) is 82.3 Å². The fraction of sp³-hybridized carbons (Fsp3) is 0.190. The van der Waals surface area contributed by atoms with Gasteiger partial charge in [-0.3, -0.25) is 4.79 Å². The van der Waals surface area contributed by atoms with Crippen molar-refractivity contribution in [3.8, 4) is 0 Å². The molecule has 1 aliphatic rings. The van der Waals surface area contributed by atoms with Gasteiger partial charge in [0.25, 0.3) is 5.91 Å². The van der Waals surface area contributed by atoms with E-state index in [1.54, 1.807) is 18.2 Å². The van der Waals surface area contributed by atoms with E-state index in [0.717, 1.165) is 30.9 Å². The number of anilines is 2. The second kappa shape index (κ2) is 7.37. The minimum Gasteiger partial charge on any atom is -0.352 e. The molecule has 0 unspecified atom stereocenters. The van der Waals surface area contributed by atoms with Crippen molar-refractivity contribution >= 4 is 29.0 Å². The summed E-state index contributed by atoms with van der Waals surface area (Å²) in [6.45, 7) is 3.56. The van der Waals surface area contributed by atoms with Gasteiger partial charge in [0.15, 0.2) is 0 Å². The number of aryl methyl sites for hydroxylation is 1. The number of hydrogen-bond acceptors (Lipinski definition) is 4. The highest BCUT2D eigenvalue weighted by Gasteiger charge is 2.19. The van der Waals surface area contributed by atoms with Gasteiger partial charge in [0.05, 0.1) is 0 Å². The van der Waals surface area contributed by atoms with Gasteiger partial charge in [-0.15, -0.1) is 0 Å². The lowest BCUT2D eigenvalue weighted by molar-refractivity contribution is 0.102. The molecular weight excluding hydrogens is 360 g/mol. The predicted octanol–water partition coefficient (Wildman–Crippen LogP) is 4.25. The van der Waals surface area contributed by atoms with Crippen LogP contribution < -0.4 is 10.2 Å². The van der Waals surface area contributed by atoms with Crippen molar-refractivity contribution in [3.63, 3.8) is 0 Å². The predicted molar refractivity (Wildman–Crippen MR) is 107 cm³/mol. The van der Waals surface area contributed by atoms with Gasteiger partial charge in [0.2, 0.25) is 0 Å². The Kier molecular flexibility index (Phi) is 4.77. The van der Waals surface area contributed by atoms with Crippen LogP contribution in [-0.2, 0) is 13.0 Å². The fourth-order valence-electron chi connectivity index (χ4n) is 3.25. The molecule has 6 heteroatoms. The number of amides is 1. The molecule has 0 radical (unpaired) electrons. The minimum atomic E-state index is -0.276. The fourth-order valence-corrected chi connectivity index (χ4v) is 3.42. The van der Waals surface area contributed by atoms with Crippen LogP contribution in [0, 0.1) is 6.92 Å². The number of rotatable bonds is 3. The molecule has 1 amide bonds. The first-order valence-electron chi connectivity index (χ1n) is 8.81. The van der Waals surface area contributed by atoms with Gasteiger partial charge in [-0.2, -0.15) is 0 Å². The largest absolute Gasteiger partial charge is 0.352 e. The monoisotopic (exact) mass is 378 g/mol. The molecule has 0 bridgehead atoms. The van der Waals surface area contributed by atoms with E-state index in [1.807, 2.05) is 13.0 Å². The first-order valence-corrected chi connectivity index (χ1v) is 9.19. The van der Waals surface area contributed by atoms with Gasteiger partial charge >= 0.3 is 0 Å². The van der Waals surface area contributed by atoms with Crippen molar-refractivity contribution in [2.45, 2.75) is 19.9 Å². The summed E-state index contributed by atoms with van der Waals surface area (Å²) in [6, 6.07) is 15.6. The summed E-state index contributed by atoms with van der Waals surface area (Å²) in [7, 11) is 0. The second-order valence-corrected chi connectivity index (χ2v) is 7.05. The summed E-state index contributed by atoms with van der Waals surface area (Å²) in [6.07, 6.45) is 2.40. The SMILES string of the molecule is Cc1ccc(Cl)cc1NC(=O)c1cc(N2CCc3ccccc3C2)ncn1. The number of hydrogen-bond donors (Lipinski definition) is 1. The third kappa shape index (κ3) is 3.78. The Balaban J connectivity index is 1.54. The normalized spacial score (nSPS) is 13.2. The van der Waals surface area contributed by atoms with E-state index in [4.69, 9.17) is 11.6 Å². The number of carbonyl (C=O) groups excluding carboxylic acids is 1. The molecule has 2 aromatic carbocycles. The number of benzene rings is 2. The molecular formula is C21H19ClN4O. The van der Waals surface area contributed by atoms with E-state index in [1.165, 1.54) is 17.5 Å². The zero-order valence-corrected chi connectivity index (χ0v) is 15.7. The van der Waals surface area contributed by atoms with E-state index >= 15 is 0 Å². The molecule has 1 N–H and O–H groups in total. The lowest BCUT2D eigenvalue weighted by Gasteiger charge is -2.29. The Morgan fingerprint density at radius 1 is 1.11 bits per heavy atom. The van der Waals surface area contributed by atoms with E-state index in [0.29, 0.717) is 16.4 Å². The Bertz CT molecular complexity index is 1000. The van der Waals surface area contributed by atoms with Crippen molar-refractivity contribution in [1.29, 1.82) is 0 Å². The third-order valence-corrected chi connectivity index (χ3v) is 5.02. The zero-order chi connectivity index (χ0) is 18.8. The van der Waals surface area contributed by atoms with Crippen LogP contribution in [0.3, 0.4) is 0 Å². The number of aromatic nitrogens is 2. The van der Waals surface area contributed by atoms with Crippen LogP contribution in [-0.4, -0.2) is 22.4 Å². The molecule has 136 valence electrons. The highest BCUT2D eigenvalue weighted by molar-refractivity contribution is 6.31. The third-order valence-electron chi connectivity index (χ3n) is 4.79. The van der Waals surface area contributed by atoms with Gasteiger partial charge in [-0.1, -0.05) is 41.9 Å². The topological polar surface area (TPSA) is 58.1 Å².